The minimum atomic E-state index is -0.472. The summed E-state index contributed by atoms with van der Waals surface area (Å²) in [6.45, 7) is 3.32. The lowest BCUT2D eigenvalue weighted by atomic mass is 9.84. The third-order valence-corrected chi connectivity index (χ3v) is 7.21. The molecule has 2 unspecified atom stereocenters. The van der Waals surface area contributed by atoms with Crippen LogP contribution in [0.4, 0.5) is 9.18 Å². The van der Waals surface area contributed by atoms with Gasteiger partial charge in [-0.25, -0.2) is 9.18 Å². The second kappa shape index (κ2) is 12.0. The Labute approximate surface area is 226 Å². The molecule has 2 aliphatic rings. The molecule has 1 aliphatic carbocycles. The maximum Gasteiger partial charge on any atom is 0.415 e. The van der Waals surface area contributed by atoms with Crippen molar-refractivity contribution in [1.29, 1.82) is 0 Å². The molecule has 2 aromatic carbocycles. The number of aromatic amines is 1. The predicted octanol–water partition coefficient (Wildman–Crippen LogP) is 5.47. The van der Waals surface area contributed by atoms with E-state index in [4.69, 9.17) is 26.8 Å². The van der Waals surface area contributed by atoms with Crippen LogP contribution in [0.25, 0.3) is 10.9 Å². The fourth-order valence-corrected chi connectivity index (χ4v) is 5.40. The molecule has 4 N–H and O–H groups in total. The van der Waals surface area contributed by atoms with Gasteiger partial charge in [-0.05, 0) is 73.5 Å². The van der Waals surface area contributed by atoms with E-state index in [0.29, 0.717) is 43.3 Å². The highest BCUT2D eigenvalue weighted by Crippen LogP contribution is 2.43. The molecule has 2 heterocycles. The first-order valence-corrected chi connectivity index (χ1v) is 13.4. The number of nitrogens with one attached hydrogen (secondary N) is 2. The summed E-state index contributed by atoms with van der Waals surface area (Å²) in [5.41, 5.74) is 8.64. The maximum atomic E-state index is 13.5. The van der Waals surface area contributed by atoms with E-state index in [2.05, 4.69) is 16.4 Å². The highest BCUT2D eigenvalue weighted by molar-refractivity contribution is 6.31. The van der Waals surface area contributed by atoms with Crippen molar-refractivity contribution in [2.75, 3.05) is 32.8 Å². The quantitative estimate of drug-likeness (QED) is 0.314. The summed E-state index contributed by atoms with van der Waals surface area (Å²) >= 11 is 6.32. The van der Waals surface area contributed by atoms with Crippen molar-refractivity contribution >= 4 is 28.6 Å². The highest BCUT2D eigenvalue weighted by Gasteiger charge is 2.39. The molecule has 3 aromatic rings. The number of ether oxygens (including phenoxy) is 2. The van der Waals surface area contributed by atoms with Crippen molar-refractivity contribution in [3.63, 3.8) is 0 Å². The minimum absolute atomic E-state index is 0.0336. The van der Waals surface area contributed by atoms with Gasteiger partial charge in [-0.2, -0.15) is 0 Å². The molecule has 200 valence electrons. The first-order chi connectivity index (χ1) is 18.5. The van der Waals surface area contributed by atoms with Gasteiger partial charge in [0.25, 0.3) is 0 Å². The number of nitrogens with zero attached hydrogens (tertiary/aromatic N) is 1. The number of allylic oxidation sites excluding steroid dienone is 3. The SMILES string of the molecule is NCCNCCCOC1=CC=CC(C2c3[nH]c4ccc(Cl)cc4c3CCN2C(=O)Oc2ccc(F)cc2)C1. The largest absolute Gasteiger partial charge is 0.498 e. The van der Waals surface area contributed by atoms with Crippen LogP contribution in [0.15, 0.2) is 66.5 Å². The van der Waals surface area contributed by atoms with Crippen LogP contribution < -0.4 is 15.8 Å². The molecule has 0 spiro atoms. The summed E-state index contributed by atoms with van der Waals surface area (Å²) < 4.78 is 25.2. The number of rotatable bonds is 9. The van der Waals surface area contributed by atoms with E-state index in [-0.39, 0.29) is 17.8 Å². The first kappa shape index (κ1) is 26.3. The van der Waals surface area contributed by atoms with Crippen LogP contribution in [0.5, 0.6) is 5.75 Å². The number of carbonyl (C=O) groups excluding carboxylic acids is 1. The number of amides is 1. The molecule has 0 saturated heterocycles. The van der Waals surface area contributed by atoms with Gasteiger partial charge in [-0.1, -0.05) is 23.8 Å². The fourth-order valence-electron chi connectivity index (χ4n) is 5.23. The number of hydrogen-bond acceptors (Lipinski definition) is 5. The first-order valence-electron chi connectivity index (χ1n) is 13.0. The topological polar surface area (TPSA) is 92.6 Å². The van der Waals surface area contributed by atoms with E-state index in [9.17, 15) is 9.18 Å². The van der Waals surface area contributed by atoms with Gasteiger partial charge in [0, 0.05) is 53.6 Å². The number of hydrogen-bond donors (Lipinski definition) is 3. The van der Waals surface area contributed by atoms with Crippen LogP contribution in [0.3, 0.4) is 0 Å². The van der Waals surface area contributed by atoms with Crippen molar-refractivity contribution in [2.24, 2.45) is 11.7 Å². The average molecular weight is 539 g/mol. The third-order valence-electron chi connectivity index (χ3n) is 6.98. The van der Waals surface area contributed by atoms with Crippen molar-refractivity contribution in [1.82, 2.24) is 15.2 Å². The summed E-state index contributed by atoms with van der Waals surface area (Å²) in [6.07, 6.45) is 7.81. The molecule has 1 aromatic heterocycles. The fraction of sp³-hybridized carbons (Fsp3) is 0.345. The normalized spacial score (nSPS) is 18.8. The maximum absolute atomic E-state index is 13.5. The molecule has 0 bridgehead atoms. The monoisotopic (exact) mass is 538 g/mol. The Morgan fingerprint density at radius 1 is 1.21 bits per heavy atom. The van der Waals surface area contributed by atoms with E-state index in [1.54, 1.807) is 4.90 Å². The predicted molar refractivity (Wildman–Crippen MR) is 147 cm³/mol. The molecule has 0 fully saturated rings. The molecule has 7 nitrogen and oxygen atoms in total. The number of halogens is 2. The Morgan fingerprint density at radius 3 is 2.87 bits per heavy atom. The van der Waals surface area contributed by atoms with Crippen LogP contribution in [0.2, 0.25) is 5.02 Å². The van der Waals surface area contributed by atoms with E-state index < -0.39 is 6.09 Å². The number of benzene rings is 2. The zero-order valence-corrected chi connectivity index (χ0v) is 21.8. The molecule has 0 radical (unpaired) electrons. The summed E-state index contributed by atoms with van der Waals surface area (Å²) in [6, 6.07) is 11.0. The molecule has 9 heteroatoms. The number of H-pyrrole nitrogens is 1. The summed E-state index contributed by atoms with van der Waals surface area (Å²) in [5.74, 6) is 0.766. The van der Waals surface area contributed by atoms with Crippen LogP contribution >= 0.6 is 11.6 Å². The lowest BCUT2D eigenvalue weighted by molar-refractivity contribution is 0.104. The Balaban J connectivity index is 1.38. The van der Waals surface area contributed by atoms with Gasteiger partial charge in [0.1, 0.15) is 11.6 Å². The summed E-state index contributed by atoms with van der Waals surface area (Å²) in [7, 11) is 0. The molecule has 0 saturated carbocycles. The van der Waals surface area contributed by atoms with Crippen LogP contribution in [-0.2, 0) is 11.2 Å². The van der Waals surface area contributed by atoms with Crippen LogP contribution in [0, 0.1) is 11.7 Å². The third kappa shape index (κ3) is 5.88. The summed E-state index contributed by atoms with van der Waals surface area (Å²) in [5, 5.41) is 5.01. The number of nitrogens with two attached hydrogens (primary N) is 1. The van der Waals surface area contributed by atoms with E-state index in [0.717, 1.165) is 47.4 Å². The van der Waals surface area contributed by atoms with Crippen LogP contribution in [-0.4, -0.2) is 48.8 Å². The number of aromatic nitrogens is 1. The molecule has 1 amide bonds. The summed E-state index contributed by atoms with van der Waals surface area (Å²) in [4.78, 5) is 18.8. The molecule has 38 heavy (non-hydrogen) atoms. The van der Waals surface area contributed by atoms with Gasteiger partial charge in [-0.3, -0.25) is 4.90 Å². The molecule has 2 atom stereocenters. The van der Waals surface area contributed by atoms with Gasteiger partial charge in [0.2, 0.25) is 0 Å². The van der Waals surface area contributed by atoms with Gasteiger partial charge in [0.15, 0.2) is 0 Å². The minimum Gasteiger partial charge on any atom is -0.498 e. The Kier molecular flexibility index (Phi) is 8.32. The Bertz CT molecular complexity index is 1340. The van der Waals surface area contributed by atoms with Crippen molar-refractivity contribution in [3.05, 3.63) is 88.5 Å². The number of fused-ring (bicyclic) bond motifs is 3. The average Bonchev–Trinajstić information content (AvgIpc) is 3.29. The molecular formula is C29H32ClFN4O3. The second-order valence-corrected chi connectivity index (χ2v) is 9.98. The second-order valence-electron chi connectivity index (χ2n) is 9.54. The smallest absolute Gasteiger partial charge is 0.415 e. The highest BCUT2D eigenvalue weighted by atomic mass is 35.5. The standard InChI is InChI=1S/C29H32ClFN4O3/c30-20-5-10-26-25(18-20)24-11-15-35(29(36)38-22-8-6-21(31)7-9-22)28(27(24)34-26)19-3-1-4-23(17-19)37-16-2-13-33-14-12-32/h1,3-10,18-19,28,33-34H,2,11-17,32H2. The lowest BCUT2D eigenvalue weighted by Gasteiger charge is -2.39. The number of carbonyl (C=O) groups is 1. The molecule has 1 aliphatic heterocycles. The zero-order chi connectivity index (χ0) is 26.5. The van der Waals surface area contributed by atoms with E-state index in [1.807, 2.05) is 30.4 Å². The Morgan fingerprint density at radius 2 is 2.05 bits per heavy atom. The molecule has 5 rings (SSSR count). The lowest BCUT2D eigenvalue weighted by Crippen LogP contribution is -2.44. The van der Waals surface area contributed by atoms with Crippen molar-refractivity contribution in [2.45, 2.75) is 25.3 Å². The van der Waals surface area contributed by atoms with Crippen molar-refractivity contribution < 1.29 is 18.7 Å². The van der Waals surface area contributed by atoms with E-state index in [1.165, 1.54) is 24.3 Å². The van der Waals surface area contributed by atoms with Gasteiger partial charge in [0.05, 0.1) is 18.4 Å². The van der Waals surface area contributed by atoms with E-state index >= 15 is 0 Å². The van der Waals surface area contributed by atoms with Gasteiger partial charge >= 0.3 is 6.09 Å². The van der Waals surface area contributed by atoms with Gasteiger partial charge < -0.3 is 25.5 Å². The van der Waals surface area contributed by atoms with Crippen LogP contribution in [0.1, 0.15) is 30.1 Å². The zero-order valence-electron chi connectivity index (χ0n) is 21.1. The van der Waals surface area contributed by atoms with Gasteiger partial charge in [-0.15, -0.1) is 0 Å². The molecular weight excluding hydrogens is 507 g/mol. The Hall–Kier alpha value is -3.33. The van der Waals surface area contributed by atoms with Crippen molar-refractivity contribution in [3.8, 4) is 5.75 Å².